The average molecular weight is 464 g/mol. The number of aromatic amines is 1. The number of piperidine rings is 1. The third-order valence-electron chi connectivity index (χ3n) is 5.61. The number of aromatic nitrogens is 2. The Labute approximate surface area is 189 Å². The van der Waals surface area contributed by atoms with Crippen LogP contribution in [0, 0.1) is 11.8 Å². The molecule has 0 radical (unpaired) electrons. The van der Waals surface area contributed by atoms with Crippen LogP contribution in [0.2, 0.25) is 10.0 Å². The van der Waals surface area contributed by atoms with Crippen molar-refractivity contribution in [1.29, 1.82) is 0 Å². The van der Waals surface area contributed by atoms with E-state index in [2.05, 4.69) is 34.4 Å². The molecule has 3 heterocycles. The molecule has 2 aliphatic heterocycles. The number of benzene rings is 1. The van der Waals surface area contributed by atoms with Crippen LogP contribution in [0.3, 0.4) is 0 Å². The second-order valence-electron chi connectivity index (χ2n) is 8.42. The van der Waals surface area contributed by atoms with Gasteiger partial charge in [-0.05, 0) is 36.5 Å². The van der Waals surface area contributed by atoms with Crippen LogP contribution in [0.5, 0.6) is 0 Å². The summed E-state index contributed by atoms with van der Waals surface area (Å²) in [5, 5.41) is 6.02. The summed E-state index contributed by atoms with van der Waals surface area (Å²) in [6.07, 6.45) is 0.940. The monoisotopic (exact) mass is 463 g/mol. The van der Waals surface area contributed by atoms with Gasteiger partial charge in [-0.15, -0.1) is 0 Å². The van der Waals surface area contributed by atoms with E-state index in [0.717, 1.165) is 19.5 Å². The van der Waals surface area contributed by atoms with E-state index in [1.807, 2.05) is 4.90 Å². The highest BCUT2D eigenvalue weighted by Crippen LogP contribution is 2.33. The maximum absolute atomic E-state index is 13.0. The summed E-state index contributed by atoms with van der Waals surface area (Å²) in [6.45, 7) is 5.83. The molecule has 4 rings (SSSR count). The van der Waals surface area contributed by atoms with Gasteiger partial charge in [-0.3, -0.25) is 19.4 Å². The molecule has 0 aliphatic carbocycles. The normalized spacial score (nSPS) is 23.2. The van der Waals surface area contributed by atoms with Crippen molar-refractivity contribution in [3.05, 3.63) is 44.2 Å². The fourth-order valence-electron chi connectivity index (χ4n) is 4.38. The van der Waals surface area contributed by atoms with E-state index in [1.54, 1.807) is 12.1 Å². The Bertz CT molecular complexity index is 1090. The smallest absolute Gasteiger partial charge is 0.258 e. The zero-order chi connectivity index (χ0) is 22.3. The Hall–Kier alpha value is -2.58. The van der Waals surface area contributed by atoms with Gasteiger partial charge in [-0.25, -0.2) is 0 Å². The van der Waals surface area contributed by atoms with E-state index in [-0.39, 0.29) is 23.7 Å². The number of nitrogens with one attached hydrogen (secondary N) is 3. The predicted molar refractivity (Wildman–Crippen MR) is 121 cm³/mol. The molecule has 31 heavy (non-hydrogen) atoms. The van der Waals surface area contributed by atoms with Crippen molar-refractivity contribution in [2.24, 2.45) is 11.8 Å². The quantitative estimate of drug-likeness (QED) is 0.643. The lowest BCUT2D eigenvalue weighted by Crippen LogP contribution is -2.42. The lowest BCUT2D eigenvalue weighted by molar-refractivity contribution is -0.123. The van der Waals surface area contributed by atoms with Crippen molar-refractivity contribution in [3.8, 4) is 0 Å². The second-order valence-corrected chi connectivity index (χ2v) is 9.26. The number of nitrogens with zero attached hydrogens (tertiary/aromatic N) is 2. The average Bonchev–Trinajstić information content (AvgIpc) is 2.69. The highest BCUT2D eigenvalue weighted by molar-refractivity contribution is 6.35. The number of carbonyl (C=O) groups excluding carboxylic acids is 2. The Balaban J connectivity index is 1.66. The van der Waals surface area contributed by atoms with Crippen molar-refractivity contribution in [3.63, 3.8) is 0 Å². The van der Waals surface area contributed by atoms with Crippen molar-refractivity contribution in [2.45, 2.75) is 32.6 Å². The predicted octanol–water partition coefficient (Wildman–Crippen LogP) is 3.62. The van der Waals surface area contributed by atoms with Crippen LogP contribution in [0.4, 0.5) is 17.5 Å². The molecule has 2 aromatic rings. The van der Waals surface area contributed by atoms with E-state index in [9.17, 15) is 14.4 Å². The molecule has 164 valence electrons. The Morgan fingerprint density at radius 1 is 1.19 bits per heavy atom. The van der Waals surface area contributed by atoms with Crippen molar-refractivity contribution in [1.82, 2.24) is 9.97 Å². The first kappa shape index (κ1) is 21.6. The van der Waals surface area contributed by atoms with Gasteiger partial charge < -0.3 is 15.5 Å². The Morgan fingerprint density at radius 3 is 2.61 bits per heavy atom. The van der Waals surface area contributed by atoms with Crippen LogP contribution < -0.4 is 21.1 Å². The van der Waals surface area contributed by atoms with Gasteiger partial charge in [0.25, 0.3) is 5.56 Å². The number of fused-ring (bicyclic) bond motifs is 1. The maximum atomic E-state index is 13.0. The lowest BCUT2D eigenvalue weighted by atomic mass is 9.91. The van der Waals surface area contributed by atoms with Gasteiger partial charge in [-0.2, -0.15) is 4.98 Å². The molecule has 2 amide bonds. The van der Waals surface area contributed by atoms with Crippen LogP contribution >= 0.6 is 23.2 Å². The van der Waals surface area contributed by atoms with Gasteiger partial charge in [0.05, 0.1) is 22.2 Å². The summed E-state index contributed by atoms with van der Waals surface area (Å²) in [5.41, 5.74) is 0.00401. The molecule has 10 heteroatoms. The SMILES string of the molecule is C[C@@H]1C[C@H](C)CN(c2nc3c(c(=O)[nH]2)[C@@H](C(=O)Nc2cc(Cl)ccc2Cl)CC(=O)N3)C1. The molecule has 3 atom stereocenters. The highest BCUT2D eigenvalue weighted by atomic mass is 35.5. The number of carbonyl (C=O) groups is 2. The summed E-state index contributed by atoms with van der Waals surface area (Å²) < 4.78 is 0. The van der Waals surface area contributed by atoms with E-state index in [4.69, 9.17) is 23.2 Å². The number of anilines is 3. The molecule has 3 N–H and O–H groups in total. The number of hydrogen-bond donors (Lipinski definition) is 3. The minimum atomic E-state index is -0.997. The van der Waals surface area contributed by atoms with E-state index in [1.165, 1.54) is 6.07 Å². The number of halogens is 2. The topological polar surface area (TPSA) is 107 Å². The largest absolute Gasteiger partial charge is 0.342 e. The number of rotatable bonds is 3. The Morgan fingerprint density at radius 2 is 1.90 bits per heavy atom. The molecule has 0 unspecified atom stereocenters. The van der Waals surface area contributed by atoms with Crippen LogP contribution in [0.15, 0.2) is 23.0 Å². The molecule has 0 bridgehead atoms. The summed E-state index contributed by atoms with van der Waals surface area (Å²) in [4.78, 5) is 47.6. The third-order valence-corrected chi connectivity index (χ3v) is 6.17. The highest BCUT2D eigenvalue weighted by Gasteiger charge is 2.36. The first-order valence-corrected chi connectivity index (χ1v) is 10.9. The number of H-pyrrole nitrogens is 1. The van der Waals surface area contributed by atoms with Gasteiger partial charge in [0.2, 0.25) is 17.8 Å². The molecule has 0 saturated carbocycles. The van der Waals surface area contributed by atoms with Crippen molar-refractivity contribution in [2.75, 3.05) is 28.6 Å². The molecule has 1 aromatic heterocycles. The molecule has 8 nitrogen and oxygen atoms in total. The zero-order valence-corrected chi connectivity index (χ0v) is 18.7. The molecule has 1 saturated heterocycles. The molecular formula is C21H23Cl2N5O3. The molecule has 1 fully saturated rings. The fraction of sp³-hybridized carbons (Fsp3) is 0.429. The van der Waals surface area contributed by atoms with E-state index >= 15 is 0 Å². The van der Waals surface area contributed by atoms with Gasteiger partial charge in [0.15, 0.2) is 0 Å². The Kier molecular flexibility index (Phi) is 5.94. The van der Waals surface area contributed by atoms with E-state index < -0.39 is 17.4 Å². The van der Waals surface area contributed by atoms with Crippen molar-refractivity contribution < 1.29 is 9.59 Å². The first-order chi connectivity index (χ1) is 14.7. The standard InChI is InChI=1S/C21H23Cl2N5O3/c1-10-5-11(2)9-28(8-10)21-26-18-17(20(31)27-21)13(7-16(29)25-18)19(30)24-15-6-12(22)3-4-14(15)23/h3-4,6,10-11,13H,5,7-9H2,1-2H3,(H,24,30)(H2,25,26,27,29,31)/t10-,11+,13-/m0/s1. The number of hydrogen-bond acceptors (Lipinski definition) is 5. The first-order valence-electron chi connectivity index (χ1n) is 10.2. The van der Waals surface area contributed by atoms with Crippen LogP contribution in [-0.2, 0) is 9.59 Å². The summed E-state index contributed by atoms with van der Waals surface area (Å²) in [6, 6.07) is 4.67. The minimum Gasteiger partial charge on any atom is -0.342 e. The number of amides is 2. The second kappa shape index (κ2) is 8.51. The van der Waals surface area contributed by atoms with Crippen molar-refractivity contribution >= 4 is 52.5 Å². The van der Waals surface area contributed by atoms with Crippen LogP contribution in [0.1, 0.15) is 38.2 Å². The van der Waals surface area contributed by atoms with Crippen LogP contribution in [0.25, 0.3) is 0 Å². The summed E-state index contributed by atoms with van der Waals surface area (Å²) in [7, 11) is 0. The molecular weight excluding hydrogens is 441 g/mol. The van der Waals surface area contributed by atoms with E-state index in [0.29, 0.717) is 33.5 Å². The fourth-order valence-corrected chi connectivity index (χ4v) is 4.72. The minimum absolute atomic E-state index is 0.123. The van der Waals surface area contributed by atoms with Gasteiger partial charge in [0.1, 0.15) is 5.82 Å². The zero-order valence-electron chi connectivity index (χ0n) is 17.2. The van der Waals surface area contributed by atoms with Gasteiger partial charge in [-0.1, -0.05) is 37.0 Å². The summed E-state index contributed by atoms with van der Waals surface area (Å²) in [5.74, 6) is -0.459. The summed E-state index contributed by atoms with van der Waals surface area (Å²) >= 11 is 12.1. The molecule has 0 spiro atoms. The third kappa shape index (κ3) is 4.55. The van der Waals surface area contributed by atoms with Crippen LogP contribution in [-0.4, -0.2) is 34.9 Å². The van der Waals surface area contributed by atoms with Gasteiger partial charge in [0, 0.05) is 24.5 Å². The maximum Gasteiger partial charge on any atom is 0.258 e. The molecule has 2 aliphatic rings. The lowest BCUT2D eigenvalue weighted by Gasteiger charge is -2.35. The van der Waals surface area contributed by atoms with Gasteiger partial charge >= 0.3 is 0 Å². The molecule has 1 aromatic carbocycles.